The van der Waals surface area contributed by atoms with Gasteiger partial charge in [0.05, 0.1) is 16.7 Å². The molecule has 31 heavy (non-hydrogen) atoms. The van der Waals surface area contributed by atoms with E-state index in [4.69, 9.17) is 27.9 Å². The molecule has 0 aliphatic carbocycles. The van der Waals surface area contributed by atoms with E-state index >= 15 is 0 Å². The fraction of sp³-hybridized carbons (Fsp3) is 0.190. The number of hydrogen-bond donors (Lipinski definition) is 4. The molecule has 0 unspecified atom stereocenters. The Hall–Kier alpha value is -3.07. The highest BCUT2D eigenvalue weighted by molar-refractivity contribution is 6.44. The number of carboxylic acids is 1. The number of amides is 1. The van der Waals surface area contributed by atoms with Crippen LogP contribution in [0.15, 0.2) is 36.5 Å². The zero-order valence-corrected chi connectivity index (χ0v) is 18.3. The second-order valence-electron chi connectivity index (χ2n) is 6.63. The first-order valence-electron chi connectivity index (χ1n) is 9.23. The Balaban J connectivity index is 1.77. The van der Waals surface area contributed by atoms with Crippen LogP contribution in [0, 0.1) is 6.92 Å². The number of ether oxygens (including phenoxy) is 1. The molecule has 1 amide bonds. The van der Waals surface area contributed by atoms with E-state index in [9.17, 15) is 14.7 Å². The fourth-order valence-corrected chi connectivity index (χ4v) is 3.28. The normalized spacial score (nSPS) is 10.7. The maximum Gasteiger partial charge on any atom is 0.339 e. The van der Waals surface area contributed by atoms with Gasteiger partial charge in [0.1, 0.15) is 17.1 Å². The van der Waals surface area contributed by atoms with E-state index in [0.29, 0.717) is 35.1 Å². The van der Waals surface area contributed by atoms with E-state index in [1.54, 1.807) is 50.6 Å². The number of carbonyl (C=O) groups is 2. The average Bonchev–Trinajstić information content (AvgIpc) is 3.02. The second kappa shape index (κ2) is 9.82. The molecule has 0 bridgehead atoms. The summed E-state index contributed by atoms with van der Waals surface area (Å²) >= 11 is 12.1. The van der Waals surface area contributed by atoms with Gasteiger partial charge in [-0.1, -0.05) is 35.3 Å². The minimum Gasteiger partial charge on any atom is -0.478 e. The van der Waals surface area contributed by atoms with Gasteiger partial charge in [-0.05, 0) is 30.7 Å². The first-order chi connectivity index (χ1) is 14.8. The minimum atomic E-state index is -1.09. The highest BCUT2D eigenvalue weighted by atomic mass is 35.5. The van der Waals surface area contributed by atoms with Crippen molar-refractivity contribution in [2.75, 3.05) is 30.9 Å². The van der Waals surface area contributed by atoms with E-state index in [0.717, 1.165) is 5.56 Å². The third-order valence-corrected chi connectivity index (χ3v) is 5.42. The lowest BCUT2D eigenvalue weighted by atomic mass is 10.0. The number of aryl methyl sites for hydroxylation is 1. The summed E-state index contributed by atoms with van der Waals surface area (Å²) in [6, 6.07) is 8.45. The van der Waals surface area contributed by atoms with Gasteiger partial charge in [0.15, 0.2) is 0 Å². The number of pyridine rings is 1. The zero-order valence-electron chi connectivity index (χ0n) is 16.8. The van der Waals surface area contributed by atoms with Crippen LogP contribution in [0.3, 0.4) is 0 Å². The number of rotatable bonds is 8. The fourth-order valence-electron chi connectivity index (χ4n) is 2.87. The highest BCUT2D eigenvalue weighted by Gasteiger charge is 2.18. The van der Waals surface area contributed by atoms with E-state index in [2.05, 4.69) is 20.6 Å². The molecule has 0 saturated carbocycles. The Morgan fingerprint density at radius 1 is 1.16 bits per heavy atom. The number of methoxy groups -OCH3 is 1. The molecule has 3 aromatic rings. The highest BCUT2D eigenvalue weighted by Crippen LogP contribution is 2.30. The summed E-state index contributed by atoms with van der Waals surface area (Å²) in [5.74, 6) is -1.24. The molecule has 3 rings (SSSR count). The maximum absolute atomic E-state index is 12.4. The summed E-state index contributed by atoms with van der Waals surface area (Å²) < 4.78 is 4.95. The first-order valence-corrected chi connectivity index (χ1v) is 9.99. The largest absolute Gasteiger partial charge is 0.478 e. The van der Waals surface area contributed by atoms with Gasteiger partial charge in [-0.25, -0.2) is 9.78 Å². The summed E-state index contributed by atoms with van der Waals surface area (Å²) in [6.07, 6.45) is 1.58. The van der Waals surface area contributed by atoms with E-state index in [1.807, 2.05) is 0 Å². The molecule has 0 aliphatic heterocycles. The van der Waals surface area contributed by atoms with Crippen molar-refractivity contribution < 1.29 is 19.4 Å². The van der Waals surface area contributed by atoms with Gasteiger partial charge in [-0.3, -0.25) is 4.79 Å². The topological polar surface area (TPSA) is 116 Å². The van der Waals surface area contributed by atoms with E-state index in [1.165, 1.54) is 0 Å². The smallest absolute Gasteiger partial charge is 0.339 e. The standard InChI is InChI=1S/C21H20Cl2N4O4/c1-11-16(22)17(23)18(26-11)20(28)27-14-5-3-12(4-6-14)13-9-15(21(29)30)19(25-10-13)24-7-8-31-2/h3-6,9-10,26H,7-8H2,1-2H3,(H,24,25)(H,27,28)(H,29,30). The van der Waals surface area contributed by atoms with Crippen molar-refractivity contribution in [1.82, 2.24) is 9.97 Å². The van der Waals surface area contributed by atoms with E-state index in [-0.39, 0.29) is 22.1 Å². The zero-order chi connectivity index (χ0) is 22.5. The van der Waals surface area contributed by atoms with Gasteiger partial charge in [-0.15, -0.1) is 0 Å². The number of benzene rings is 1. The molecule has 0 aliphatic rings. The third kappa shape index (κ3) is 5.16. The van der Waals surface area contributed by atoms with Crippen molar-refractivity contribution >= 4 is 46.6 Å². The average molecular weight is 463 g/mol. The van der Waals surface area contributed by atoms with Crippen molar-refractivity contribution in [2.45, 2.75) is 6.92 Å². The molecule has 0 radical (unpaired) electrons. The van der Waals surface area contributed by atoms with Crippen LogP contribution in [-0.4, -0.2) is 47.2 Å². The molecule has 0 fully saturated rings. The SMILES string of the molecule is COCCNc1ncc(-c2ccc(NC(=O)c3[nH]c(C)c(Cl)c3Cl)cc2)cc1C(=O)O. The second-order valence-corrected chi connectivity index (χ2v) is 7.39. The third-order valence-electron chi connectivity index (χ3n) is 4.47. The van der Waals surface area contributed by atoms with Gasteiger partial charge >= 0.3 is 5.97 Å². The molecule has 2 heterocycles. The molecule has 162 valence electrons. The van der Waals surface area contributed by atoms with Crippen LogP contribution >= 0.6 is 23.2 Å². The van der Waals surface area contributed by atoms with Crippen molar-refractivity contribution in [1.29, 1.82) is 0 Å². The lowest BCUT2D eigenvalue weighted by molar-refractivity contribution is 0.0697. The lowest BCUT2D eigenvalue weighted by Gasteiger charge is -2.11. The summed E-state index contributed by atoms with van der Waals surface area (Å²) in [6.45, 7) is 2.58. The van der Waals surface area contributed by atoms with Crippen LogP contribution in [0.1, 0.15) is 26.5 Å². The number of anilines is 2. The number of hydrogen-bond acceptors (Lipinski definition) is 5. The Labute approximate surface area is 188 Å². The summed E-state index contributed by atoms with van der Waals surface area (Å²) in [5, 5.41) is 15.7. The van der Waals surface area contributed by atoms with Gasteiger partial charge in [0.25, 0.3) is 5.91 Å². The van der Waals surface area contributed by atoms with Crippen LogP contribution in [0.25, 0.3) is 11.1 Å². The van der Waals surface area contributed by atoms with Gasteiger partial charge in [0, 0.05) is 36.8 Å². The van der Waals surface area contributed by atoms with Gasteiger partial charge in [-0.2, -0.15) is 0 Å². The lowest BCUT2D eigenvalue weighted by Crippen LogP contribution is -2.13. The van der Waals surface area contributed by atoms with Gasteiger partial charge < -0.3 is 25.5 Å². The summed E-state index contributed by atoms with van der Waals surface area (Å²) in [4.78, 5) is 31.2. The van der Waals surface area contributed by atoms with Crippen LogP contribution in [0.4, 0.5) is 11.5 Å². The van der Waals surface area contributed by atoms with Crippen molar-refractivity contribution in [3.63, 3.8) is 0 Å². The molecule has 4 N–H and O–H groups in total. The number of nitrogens with one attached hydrogen (secondary N) is 3. The van der Waals surface area contributed by atoms with Crippen LogP contribution in [0.5, 0.6) is 0 Å². The molecular formula is C21H20Cl2N4O4. The molecule has 2 aromatic heterocycles. The molecule has 8 nitrogen and oxygen atoms in total. The monoisotopic (exact) mass is 462 g/mol. The number of H-pyrrole nitrogens is 1. The predicted octanol–water partition coefficient (Wildman–Crippen LogP) is 4.70. The van der Waals surface area contributed by atoms with Crippen LogP contribution in [0.2, 0.25) is 10.0 Å². The number of carboxylic acid groups (broad SMARTS) is 1. The minimum absolute atomic E-state index is 0.0552. The Bertz CT molecular complexity index is 1110. The number of nitrogens with zero attached hydrogens (tertiary/aromatic N) is 1. The number of aromatic carboxylic acids is 1. The van der Waals surface area contributed by atoms with Crippen LogP contribution < -0.4 is 10.6 Å². The van der Waals surface area contributed by atoms with Crippen molar-refractivity contribution in [3.05, 3.63) is 63.5 Å². The summed E-state index contributed by atoms with van der Waals surface area (Å²) in [7, 11) is 1.56. The molecule has 0 atom stereocenters. The number of carbonyl (C=O) groups excluding carboxylic acids is 1. The van der Waals surface area contributed by atoms with Crippen molar-refractivity contribution in [2.24, 2.45) is 0 Å². The molecule has 0 spiro atoms. The molecule has 1 aromatic carbocycles. The van der Waals surface area contributed by atoms with Crippen LogP contribution in [-0.2, 0) is 4.74 Å². The Morgan fingerprint density at radius 3 is 2.45 bits per heavy atom. The van der Waals surface area contributed by atoms with Crippen molar-refractivity contribution in [3.8, 4) is 11.1 Å². The Kier molecular flexibility index (Phi) is 7.17. The number of halogens is 2. The predicted molar refractivity (Wildman–Crippen MR) is 121 cm³/mol. The summed E-state index contributed by atoms with van der Waals surface area (Å²) in [5.41, 5.74) is 2.75. The molecular weight excluding hydrogens is 443 g/mol. The Morgan fingerprint density at radius 2 is 1.87 bits per heavy atom. The number of aromatic amines is 1. The number of aromatic nitrogens is 2. The first kappa shape index (κ1) is 22.6. The van der Waals surface area contributed by atoms with Gasteiger partial charge in [0.2, 0.25) is 0 Å². The molecule has 0 saturated heterocycles. The molecule has 10 heteroatoms. The quantitative estimate of drug-likeness (QED) is 0.360. The maximum atomic E-state index is 12.4. The van der Waals surface area contributed by atoms with E-state index < -0.39 is 11.9 Å².